The molecule has 2 rings (SSSR count). The first kappa shape index (κ1) is 12.8. The maximum absolute atomic E-state index is 11.7. The maximum Gasteiger partial charge on any atom is 0.234 e. The van der Waals surface area contributed by atoms with Crippen molar-refractivity contribution in [3.05, 3.63) is 0 Å². The highest BCUT2D eigenvalue weighted by atomic mass is 16.7. The minimum Gasteiger partial charge on any atom is -0.353 e. The zero-order chi connectivity index (χ0) is 12.3. The molecular weight excluding hydrogens is 220 g/mol. The van der Waals surface area contributed by atoms with Gasteiger partial charge in [0, 0.05) is 12.5 Å². The van der Waals surface area contributed by atoms with Crippen molar-refractivity contribution < 1.29 is 14.3 Å². The van der Waals surface area contributed by atoms with Crippen LogP contribution in [0.5, 0.6) is 0 Å². The molecule has 0 atom stereocenters. The average Bonchev–Trinajstić information content (AvgIpc) is 2.64. The van der Waals surface area contributed by atoms with Gasteiger partial charge in [-0.05, 0) is 26.8 Å². The maximum atomic E-state index is 11.7. The predicted octanol–water partition coefficient (Wildman–Crippen LogP) is 0.350. The van der Waals surface area contributed by atoms with Gasteiger partial charge in [-0.1, -0.05) is 0 Å². The Hall–Kier alpha value is -0.650. The fourth-order valence-corrected chi connectivity index (χ4v) is 2.51. The average molecular weight is 242 g/mol. The molecule has 2 heterocycles. The van der Waals surface area contributed by atoms with Crippen molar-refractivity contribution in [1.82, 2.24) is 10.2 Å². The zero-order valence-electron chi connectivity index (χ0n) is 10.7. The Morgan fingerprint density at radius 3 is 2.76 bits per heavy atom. The predicted molar refractivity (Wildman–Crippen MR) is 63.6 cm³/mol. The van der Waals surface area contributed by atoms with Gasteiger partial charge in [-0.2, -0.15) is 0 Å². The van der Waals surface area contributed by atoms with Crippen molar-refractivity contribution in [2.75, 3.05) is 32.8 Å². The number of likely N-dealkylation sites (tertiary alicyclic amines) is 1. The Kier molecular flexibility index (Phi) is 4.01. The number of piperidine rings is 1. The van der Waals surface area contributed by atoms with E-state index in [9.17, 15) is 4.79 Å². The smallest absolute Gasteiger partial charge is 0.234 e. The number of nitrogens with zero attached hydrogens (tertiary/aromatic N) is 1. The van der Waals surface area contributed by atoms with E-state index >= 15 is 0 Å². The second-order valence-electron chi connectivity index (χ2n) is 5.14. The lowest BCUT2D eigenvalue weighted by Gasteiger charge is -2.38. The molecule has 1 N–H and O–H groups in total. The molecule has 0 aromatic carbocycles. The van der Waals surface area contributed by atoms with E-state index in [0.29, 0.717) is 26.3 Å². The number of hydrogen-bond donors (Lipinski definition) is 1. The lowest BCUT2D eigenvalue weighted by Crippen LogP contribution is -2.52. The monoisotopic (exact) mass is 242 g/mol. The second kappa shape index (κ2) is 5.33. The second-order valence-corrected chi connectivity index (χ2v) is 5.14. The van der Waals surface area contributed by atoms with E-state index in [-0.39, 0.29) is 11.9 Å². The lowest BCUT2D eigenvalue weighted by molar-refractivity contribution is -0.189. The Labute approximate surface area is 102 Å². The number of carbonyl (C=O) groups is 1. The molecule has 98 valence electrons. The van der Waals surface area contributed by atoms with Crippen molar-refractivity contribution >= 4 is 5.91 Å². The van der Waals surface area contributed by atoms with Gasteiger partial charge in [-0.15, -0.1) is 0 Å². The molecule has 2 aliphatic rings. The molecule has 1 amide bonds. The number of ether oxygens (including phenoxy) is 2. The van der Waals surface area contributed by atoms with Gasteiger partial charge in [-0.3, -0.25) is 9.69 Å². The summed E-state index contributed by atoms with van der Waals surface area (Å²) in [6.07, 6.45) is 1.96. The molecule has 0 aromatic rings. The van der Waals surface area contributed by atoms with Crippen LogP contribution in [0.4, 0.5) is 0 Å². The Bertz CT molecular complexity index is 275. The van der Waals surface area contributed by atoms with Crippen LogP contribution >= 0.6 is 0 Å². The fraction of sp³-hybridized carbons (Fsp3) is 0.917. The summed E-state index contributed by atoms with van der Waals surface area (Å²) in [7, 11) is 0. The van der Waals surface area contributed by atoms with Crippen molar-refractivity contribution in [3.8, 4) is 0 Å². The highest BCUT2D eigenvalue weighted by molar-refractivity contribution is 5.78. The number of nitrogens with one attached hydrogen (secondary N) is 1. The first-order chi connectivity index (χ1) is 8.10. The van der Waals surface area contributed by atoms with Gasteiger partial charge in [0.15, 0.2) is 5.79 Å². The van der Waals surface area contributed by atoms with Crippen LogP contribution in [0.15, 0.2) is 0 Å². The largest absolute Gasteiger partial charge is 0.353 e. The minimum atomic E-state index is -0.434. The summed E-state index contributed by atoms with van der Waals surface area (Å²) in [5.74, 6) is -0.355. The molecule has 0 bridgehead atoms. The van der Waals surface area contributed by atoms with Crippen LogP contribution in [0.25, 0.3) is 0 Å². The number of carbonyl (C=O) groups excluding carboxylic acids is 1. The molecule has 0 unspecified atom stereocenters. The van der Waals surface area contributed by atoms with E-state index in [0.717, 1.165) is 19.4 Å². The highest BCUT2D eigenvalue weighted by Gasteiger charge is 2.40. The number of hydrogen-bond acceptors (Lipinski definition) is 4. The lowest BCUT2D eigenvalue weighted by atomic mass is 10.0. The van der Waals surface area contributed by atoms with Gasteiger partial charge in [0.25, 0.3) is 0 Å². The van der Waals surface area contributed by atoms with Gasteiger partial charge < -0.3 is 14.8 Å². The van der Waals surface area contributed by atoms with Crippen LogP contribution in [0.2, 0.25) is 0 Å². The summed E-state index contributed by atoms with van der Waals surface area (Å²) in [6.45, 7) is 7.38. The van der Waals surface area contributed by atoms with E-state index in [1.54, 1.807) is 0 Å². The summed E-state index contributed by atoms with van der Waals surface area (Å²) >= 11 is 0. The summed E-state index contributed by atoms with van der Waals surface area (Å²) < 4.78 is 11.4. The molecule has 0 aliphatic carbocycles. The first-order valence-corrected chi connectivity index (χ1v) is 6.39. The van der Waals surface area contributed by atoms with Gasteiger partial charge in [0.2, 0.25) is 5.91 Å². The molecule has 0 radical (unpaired) electrons. The molecule has 2 saturated heterocycles. The molecule has 5 nitrogen and oxygen atoms in total. The van der Waals surface area contributed by atoms with Crippen LogP contribution in [0.3, 0.4) is 0 Å². The van der Waals surface area contributed by atoms with Crippen molar-refractivity contribution in [3.63, 3.8) is 0 Å². The first-order valence-electron chi connectivity index (χ1n) is 6.39. The van der Waals surface area contributed by atoms with Crippen molar-refractivity contribution in [2.24, 2.45) is 0 Å². The molecule has 0 aromatic heterocycles. The quantitative estimate of drug-likeness (QED) is 0.776. The Balaban J connectivity index is 1.83. The number of rotatable bonds is 3. The zero-order valence-corrected chi connectivity index (χ0v) is 10.7. The summed E-state index contributed by atoms with van der Waals surface area (Å²) in [4.78, 5) is 13.8. The Morgan fingerprint density at radius 1 is 1.41 bits per heavy atom. The van der Waals surface area contributed by atoms with Gasteiger partial charge in [0.05, 0.1) is 26.3 Å². The van der Waals surface area contributed by atoms with E-state index in [4.69, 9.17) is 9.47 Å². The van der Waals surface area contributed by atoms with Crippen LogP contribution in [0, 0.1) is 0 Å². The molecule has 5 heteroatoms. The molecule has 1 spiro atoms. The minimum absolute atomic E-state index is 0.0787. The fourth-order valence-electron chi connectivity index (χ4n) is 2.51. The summed E-state index contributed by atoms with van der Waals surface area (Å²) in [5, 5.41) is 2.91. The third-order valence-electron chi connectivity index (χ3n) is 3.13. The van der Waals surface area contributed by atoms with Crippen LogP contribution in [-0.4, -0.2) is 55.5 Å². The molecule has 2 aliphatic heterocycles. The third-order valence-corrected chi connectivity index (χ3v) is 3.13. The summed E-state index contributed by atoms with van der Waals surface area (Å²) in [6, 6.07) is 0.195. The van der Waals surface area contributed by atoms with Crippen LogP contribution in [0.1, 0.15) is 26.7 Å². The van der Waals surface area contributed by atoms with E-state index < -0.39 is 5.79 Å². The SMILES string of the molecule is CC(C)NC(=O)CN1CCCC2(C1)OCCO2. The standard InChI is InChI=1S/C12H22N2O3/c1-10(2)13-11(15)8-14-5-3-4-12(9-14)16-6-7-17-12/h10H,3-9H2,1-2H3,(H,13,15). The molecule has 2 fully saturated rings. The van der Waals surface area contributed by atoms with Gasteiger partial charge in [-0.25, -0.2) is 0 Å². The van der Waals surface area contributed by atoms with E-state index in [1.807, 2.05) is 13.8 Å². The van der Waals surface area contributed by atoms with Crippen LogP contribution in [-0.2, 0) is 14.3 Å². The van der Waals surface area contributed by atoms with Crippen molar-refractivity contribution in [1.29, 1.82) is 0 Å². The molecule has 0 saturated carbocycles. The van der Waals surface area contributed by atoms with Crippen molar-refractivity contribution in [2.45, 2.75) is 38.5 Å². The van der Waals surface area contributed by atoms with E-state index in [1.165, 1.54) is 0 Å². The molecular formula is C12H22N2O3. The molecule has 17 heavy (non-hydrogen) atoms. The van der Waals surface area contributed by atoms with E-state index in [2.05, 4.69) is 10.2 Å². The normalized spacial score (nSPS) is 24.4. The third kappa shape index (κ3) is 3.40. The topological polar surface area (TPSA) is 50.8 Å². The van der Waals surface area contributed by atoms with Crippen LogP contribution < -0.4 is 5.32 Å². The van der Waals surface area contributed by atoms with Gasteiger partial charge in [0.1, 0.15) is 0 Å². The van der Waals surface area contributed by atoms with Gasteiger partial charge >= 0.3 is 0 Å². The summed E-state index contributed by atoms with van der Waals surface area (Å²) in [5.41, 5.74) is 0. The highest BCUT2D eigenvalue weighted by Crippen LogP contribution is 2.29. The Morgan fingerprint density at radius 2 is 2.12 bits per heavy atom. The number of amides is 1.